The zero-order chi connectivity index (χ0) is 20.6. The minimum atomic E-state index is -0.444. The van der Waals surface area contributed by atoms with E-state index in [2.05, 4.69) is 10.3 Å². The van der Waals surface area contributed by atoms with Crippen molar-refractivity contribution in [2.75, 3.05) is 18.4 Å². The summed E-state index contributed by atoms with van der Waals surface area (Å²) in [4.78, 5) is 31.5. The normalized spacial score (nSPS) is 10.6. The van der Waals surface area contributed by atoms with Gasteiger partial charge in [0, 0.05) is 24.7 Å². The van der Waals surface area contributed by atoms with Gasteiger partial charge in [-0.05, 0) is 37.1 Å². The molecular weight excluding hydrogens is 366 g/mol. The van der Waals surface area contributed by atoms with Crippen molar-refractivity contribution in [2.24, 2.45) is 0 Å². The molecule has 0 aliphatic carbocycles. The van der Waals surface area contributed by atoms with E-state index in [0.717, 1.165) is 18.2 Å². The molecule has 1 N–H and O–H groups in total. The van der Waals surface area contributed by atoms with Gasteiger partial charge in [0.05, 0.1) is 16.8 Å². The van der Waals surface area contributed by atoms with Crippen molar-refractivity contribution in [3.63, 3.8) is 0 Å². The Kier molecular flexibility index (Phi) is 6.79. The third kappa shape index (κ3) is 4.90. The van der Waals surface area contributed by atoms with E-state index in [0.29, 0.717) is 29.9 Å². The van der Waals surface area contributed by atoms with Crippen LogP contribution in [0.2, 0.25) is 0 Å². The van der Waals surface area contributed by atoms with Crippen molar-refractivity contribution in [3.05, 3.63) is 66.4 Å². The van der Waals surface area contributed by atoms with Crippen molar-refractivity contribution in [1.82, 2.24) is 9.88 Å². The predicted octanol–water partition coefficient (Wildman–Crippen LogP) is 5.11. The fourth-order valence-electron chi connectivity index (χ4n) is 3.13. The number of nitrogens with zero attached hydrogens (tertiary/aromatic N) is 2. The molecule has 0 radical (unpaired) electrons. The molecule has 6 nitrogen and oxygen atoms in total. The van der Waals surface area contributed by atoms with Gasteiger partial charge < -0.3 is 15.0 Å². The number of amides is 2. The lowest BCUT2D eigenvalue weighted by molar-refractivity contribution is 0.102. The van der Waals surface area contributed by atoms with Crippen LogP contribution >= 0.6 is 0 Å². The third-order valence-electron chi connectivity index (χ3n) is 4.46. The number of aromatic nitrogens is 1. The number of nitrogens with one attached hydrogen (secondary N) is 1. The average molecular weight is 391 g/mol. The van der Waals surface area contributed by atoms with Gasteiger partial charge in [0.25, 0.3) is 5.91 Å². The predicted molar refractivity (Wildman–Crippen MR) is 114 cm³/mol. The van der Waals surface area contributed by atoms with E-state index in [1.807, 2.05) is 38.1 Å². The molecule has 0 atom stereocenters. The lowest BCUT2D eigenvalue weighted by Gasteiger charge is -2.21. The van der Waals surface area contributed by atoms with Crippen molar-refractivity contribution < 1.29 is 14.3 Å². The van der Waals surface area contributed by atoms with Crippen molar-refractivity contribution in [2.45, 2.75) is 26.7 Å². The highest BCUT2D eigenvalue weighted by Crippen LogP contribution is 2.24. The fraction of sp³-hybridized carbons (Fsp3) is 0.261. The molecule has 29 heavy (non-hydrogen) atoms. The van der Waals surface area contributed by atoms with Crippen LogP contribution in [0.3, 0.4) is 0 Å². The van der Waals surface area contributed by atoms with Crippen LogP contribution in [0, 0.1) is 0 Å². The molecular formula is C23H25N3O3. The molecule has 0 bridgehead atoms. The number of carbonyl (C=O) groups is 2. The van der Waals surface area contributed by atoms with Crippen LogP contribution in [0.25, 0.3) is 10.9 Å². The Bertz CT molecular complexity index is 992. The maximum atomic E-state index is 12.9. The van der Waals surface area contributed by atoms with Gasteiger partial charge in [-0.15, -0.1) is 0 Å². The van der Waals surface area contributed by atoms with Crippen molar-refractivity contribution in [3.8, 4) is 5.75 Å². The first-order valence-corrected chi connectivity index (χ1v) is 9.85. The van der Waals surface area contributed by atoms with E-state index < -0.39 is 6.09 Å². The second kappa shape index (κ2) is 9.68. The second-order valence-corrected chi connectivity index (χ2v) is 6.69. The van der Waals surface area contributed by atoms with E-state index >= 15 is 0 Å². The molecule has 1 heterocycles. The molecule has 1 aromatic heterocycles. The van der Waals surface area contributed by atoms with Gasteiger partial charge in [0.2, 0.25) is 0 Å². The van der Waals surface area contributed by atoms with Crippen LogP contribution in [0.15, 0.2) is 60.8 Å². The second-order valence-electron chi connectivity index (χ2n) is 6.69. The highest BCUT2D eigenvalue weighted by molar-refractivity contribution is 6.09. The fourth-order valence-corrected chi connectivity index (χ4v) is 3.13. The molecule has 0 unspecified atom stereocenters. The summed E-state index contributed by atoms with van der Waals surface area (Å²) in [5, 5.41) is 3.82. The molecule has 0 aliphatic heterocycles. The molecule has 0 saturated carbocycles. The molecule has 2 aromatic carbocycles. The van der Waals surface area contributed by atoms with E-state index in [1.54, 1.807) is 41.4 Å². The van der Waals surface area contributed by atoms with Crippen molar-refractivity contribution in [1.29, 1.82) is 0 Å². The van der Waals surface area contributed by atoms with Gasteiger partial charge in [-0.25, -0.2) is 4.79 Å². The number of benzene rings is 2. The number of para-hydroxylation sites is 2. The lowest BCUT2D eigenvalue weighted by Crippen LogP contribution is -2.35. The van der Waals surface area contributed by atoms with Crippen LogP contribution in [0.4, 0.5) is 10.5 Å². The summed E-state index contributed by atoms with van der Waals surface area (Å²) in [6, 6.07) is 16.1. The first-order chi connectivity index (χ1) is 14.1. The Balaban J connectivity index is 1.82. The Labute approximate surface area is 170 Å². The van der Waals surface area contributed by atoms with Crippen LogP contribution in [0.1, 0.15) is 37.0 Å². The number of hydrogen-bond acceptors (Lipinski definition) is 4. The quantitative estimate of drug-likeness (QED) is 0.608. The number of hydrogen-bond donors (Lipinski definition) is 1. The summed E-state index contributed by atoms with van der Waals surface area (Å²) in [6.45, 7) is 5.25. The molecule has 0 aliphatic rings. The number of carbonyl (C=O) groups excluding carboxylic acids is 2. The van der Waals surface area contributed by atoms with Gasteiger partial charge in [-0.3, -0.25) is 9.78 Å². The largest absolute Gasteiger partial charge is 0.415 e. The topological polar surface area (TPSA) is 71.5 Å². The lowest BCUT2D eigenvalue weighted by atomic mass is 10.1. The van der Waals surface area contributed by atoms with Crippen LogP contribution in [0.5, 0.6) is 5.75 Å². The van der Waals surface area contributed by atoms with Crippen molar-refractivity contribution >= 4 is 28.6 Å². The van der Waals surface area contributed by atoms with E-state index in [4.69, 9.17) is 4.74 Å². The van der Waals surface area contributed by atoms with E-state index in [-0.39, 0.29) is 11.7 Å². The summed E-state index contributed by atoms with van der Waals surface area (Å²) in [6.07, 6.45) is 2.92. The van der Waals surface area contributed by atoms with Gasteiger partial charge in [0.15, 0.2) is 0 Å². The Morgan fingerprint density at radius 1 is 0.966 bits per heavy atom. The maximum Gasteiger partial charge on any atom is 0.415 e. The highest BCUT2D eigenvalue weighted by atomic mass is 16.6. The monoisotopic (exact) mass is 391 g/mol. The summed E-state index contributed by atoms with van der Waals surface area (Å²) in [5.74, 6) is -0.121. The van der Waals surface area contributed by atoms with E-state index in [9.17, 15) is 9.59 Å². The number of anilines is 1. The van der Waals surface area contributed by atoms with Gasteiger partial charge in [-0.1, -0.05) is 44.2 Å². The zero-order valence-electron chi connectivity index (χ0n) is 16.7. The molecule has 0 spiro atoms. The third-order valence-corrected chi connectivity index (χ3v) is 4.46. The number of rotatable bonds is 7. The molecule has 0 saturated heterocycles. The molecule has 3 rings (SSSR count). The van der Waals surface area contributed by atoms with Gasteiger partial charge >= 0.3 is 6.09 Å². The Morgan fingerprint density at radius 3 is 2.45 bits per heavy atom. The molecule has 3 aromatic rings. The number of ether oxygens (including phenoxy) is 1. The minimum absolute atomic E-state index is 0.236. The smallest absolute Gasteiger partial charge is 0.409 e. The Hall–Kier alpha value is -3.41. The number of pyridine rings is 1. The standard InChI is InChI=1S/C23H25N3O3/c1-3-15-26(16-4-2)23(28)29-20-13-6-5-11-18(20)22(27)25-19-12-7-9-17-10-8-14-24-21(17)19/h5-14H,3-4,15-16H2,1-2H3,(H,25,27). The SMILES string of the molecule is CCCN(CCC)C(=O)Oc1ccccc1C(=O)Nc1cccc2cccnc12. The molecule has 0 fully saturated rings. The summed E-state index contributed by atoms with van der Waals surface area (Å²) >= 11 is 0. The Morgan fingerprint density at radius 2 is 1.69 bits per heavy atom. The zero-order valence-corrected chi connectivity index (χ0v) is 16.7. The van der Waals surface area contributed by atoms with E-state index in [1.165, 1.54) is 0 Å². The first-order valence-electron chi connectivity index (χ1n) is 9.85. The van der Waals surface area contributed by atoms with Crippen LogP contribution < -0.4 is 10.1 Å². The van der Waals surface area contributed by atoms with Gasteiger partial charge in [0.1, 0.15) is 5.75 Å². The minimum Gasteiger partial charge on any atom is -0.409 e. The first kappa shape index (κ1) is 20.3. The molecule has 150 valence electrons. The summed E-state index contributed by atoms with van der Waals surface area (Å²) in [5.41, 5.74) is 1.60. The van der Waals surface area contributed by atoms with Crippen LogP contribution in [-0.2, 0) is 0 Å². The molecule has 6 heteroatoms. The van der Waals surface area contributed by atoms with Gasteiger partial charge in [-0.2, -0.15) is 0 Å². The summed E-state index contributed by atoms with van der Waals surface area (Å²) < 4.78 is 5.57. The highest BCUT2D eigenvalue weighted by Gasteiger charge is 2.19. The molecule has 2 amide bonds. The number of fused-ring (bicyclic) bond motifs is 1. The summed E-state index contributed by atoms with van der Waals surface area (Å²) in [7, 11) is 0. The average Bonchev–Trinajstić information content (AvgIpc) is 2.74. The van der Waals surface area contributed by atoms with Crippen LogP contribution in [-0.4, -0.2) is 35.0 Å². The maximum absolute atomic E-state index is 12.9.